The minimum absolute atomic E-state index is 0.579. The van der Waals surface area contributed by atoms with E-state index in [9.17, 15) is 0 Å². The number of aromatic nitrogens is 1. The van der Waals surface area contributed by atoms with Gasteiger partial charge in [0, 0.05) is 24.6 Å². The first-order valence-electron chi connectivity index (χ1n) is 5.90. The molecule has 0 aromatic carbocycles. The summed E-state index contributed by atoms with van der Waals surface area (Å²) in [6.45, 7) is 5.53. The smallest absolute Gasteiger partial charge is 0.0400 e. The van der Waals surface area contributed by atoms with Gasteiger partial charge >= 0.3 is 0 Å². The predicted octanol–water partition coefficient (Wildman–Crippen LogP) is 3.38. The van der Waals surface area contributed by atoms with Gasteiger partial charge in [-0.25, -0.2) is 0 Å². The summed E-state index contributed by atoms with van der Waals surface area (Å²) in [5, 5.41) is 3.57. The molecule has 15 heavy (non-hydrogen) atoms. The van der Waals surface area contributed by atoms with Gasteiger partial charge in [-0.2, -0.15) is 0 Å². The summed E-state index contributed by atoms with van der Waals surface area (Å²) in [4.78, 5) is 4.10. The minimum atomic E-state index is 0.579. The zero-order valence-corrected chi connectivity index (χ0v) is 9.71. The molecule has 0 bridgehead atoms. The number of anilines is 1. The molecule has 0 saturated heterocycles. The van der Waals surface area contributed by atoms with Crippen molar-refractivity contribution in [1.82, 2.24) is 4.98 Å². The van der Waals surface area contributed by atoms with E-state index in [0.717, 1.165) is 6.54 Å². The van der Waals surface area contributed by atoms with Crippen LogP contribution in [-0.2, 0) is 0 Å². The van der Waals surface area contributed by atoms with Crippen molar-refractivity contribution in [2.24, 2.45) is 5.41 Å². The van der Waals surface area contributed by atoms with Crippen LogP contribution in [0, 0.1) is 12.3 Å². The van der Waals surface area contributed by atoms with Gasteiger partial charge in [0.25, 0.3) is 0 Å². The van der Waals surface area contributed by atoms with Crippen LogP contribution in [0.5, 0.6) is 0 Å². The zero-order valence-electron chi connectivity index (χ0n) is 9.71. The highest BCUT2D eigenvalue weighted by Gasteiger charge is 2.34. The standard InChI is InChI=1S/C13H20N2/c1-3-13(6-4-7-13)10-15-12-5-8-14-9-11(12)2/h5,8-9H,3-4,6-7,10H2,1-2H3,(H,14,15). The average Bonchev–Trinajstić information content (AvgIpc) is 2.19. The third-order valence-corrected chi connectivity index (χ3v) is 3.84. The molecular weight excluding hydrogens is 184 g/mol. The van der Waals surface area contributed by atoms with Gasteiger partial charge in [-0.1, -0.05) is 13.3 Å². The lowest BCUT2D eigenvalue weighted by Crippen LogP contribution is -2.35. The summed E-state index contributed by atoms with van der Waals surface area (Å²) in [5.74, 6) is 0. The van der Waals surface area contributed by atoms with Crippen molar-refractivity contribution in [2.45, 2.75) is 39.5 Å². The first kappa shape index (κ1) is 10.5. The Bertz CT molecular complexity index is 324. The van der Waals surface area contributed by atoms with Crippen molar-refractivity contribution in [3.63, 3.8) is 0 Å². The Kier molecular flexibility index (Phi) is 2.94. The molecule has 2 nitrogen and oxygen atoms in total. The number of hydrogen-bond acceptors (Lipinski definition) is 2. The summed E-state index contributed by atoms with van der Waals surface area (Å²) in [6, 6.07) is 2.07. The van der Waals surface area contributed by atoms with Gasteiger partial charge in [-0.15, -0.1) is 0 Å². The molecule has 0 radical (unpaired) electrons. The van der Waals surface area contributed by atoms with Crippen molar-refractivity contribution < 1.29 is 0 Å². The van der Waals surface area contributed by atoms with Crippen molar-refractivity contribution >= 4 is 5.69 Å². The Balaban J connectivity index is 1.95. The first-order chi connectivity index (χ1) is 7.26. The van der Waals surface area contributed by atoms with Gasteiger partial charge in [0.05, 0.1) is 0 Å². The van der Waals surface area contributed by atoms with Crippen LogP contribution in [-0.4, -0.2) is 11.5 Å². The molecule has 1 heterocycles. The van der Waals surface area contributed by atoms with E-state index in [1.807, 2.05) is 12.4 Å². The molecule has 1 aliphatic rings. The maximum absolute atomic E-state index is 4.10. The highest BCUT2D eigenvalue weighted by Crippen LogP contribution is 2.43. The SMILES string of the molecule is CCC1(CNc2ccncc2C)CCC1. The van der Waals surface area contributed by atoms with Crippen LogP contribution in [0.25, 0.3) is 0 Å². The molecular formula is C13H20N2. The third-order valence-electron chi connectivity index (χ3n) is 3.84. The highest BCUT2D eigenvalue weighted by atomic mass is 14.9. The largest absolute Gasteiger partial charge is 0.384 e. The molecule has 0 amide bonds. The summed E-state index contributed by atoms with van der Waals surface area (Å²) < 4.78 is 0. The molecule has 1 aliphatic carbocycles. The molecule has 82 valence electrons. The molecule has 0 atom stereocenters. The van der Waals surface area contributed by atoms with Crippen molar-refractivity contribution in [3.8, 4) is 0 Å². The van der Waals surface area contributed by atoms with E-state index in [2.05, 4.69) is 30.2 Å². The third kappa shape index (κ3) is 2.14. The molecule has 2 rings (SSSR count). The number of aryl methyl sites for hydroxylation is 1. The quantitative estimate of drug-likeness (QED) is 0.813. The fourth-order valence-electron chi connectivity index (χ4n) is 2.29. The molecule has 1 aromatic rings. The monoisotopic (exact) mass is 204 g/mol. The van der Waals surface area contributed by atoms with Crippen LogP contribution in [0.2, 0.25) is 0 Å². The minimum Gasteiger partial charge on any atom is -0.384 e. The van der Waals surface area contributed by atoms with Gasteiger partial charge in [0.15, 0.2) is 0 Å². The lowest BCUT2D eigenvalue weighted by atomic mass is 9.67. The highest BCUT2D eigenvalue weighted by molar-refractivity contribution is 5.48. The molecule has 1 aromatic heterocycles. The number of hydrogen-bond donors (Lipinski definition) is 1. The summed E-state index contributed by atoms with van der Waals surface area (Å²) in [6.07, 6.45) is 9.26. The summed E-state index contributed by atoms with van der Waals surface area (Å²) in [5.41, 5.74) is 3.06. The molecule has 1 fully saturated rings. The maximum atomic E-state index is 4.10. The molecule has 1 saturated carbocycles. The normalized spacial score (nSPS) is 18.3. The van der Waals surface area contributed by atoms with Crippen molar-refractivity contribution in [2.75, 3.05) is 11.9 Å². The second-order valence-electron chi connectivity index (χ2n) is 4.75. The first-order valence-corrected chi connectivity index (χ1v) is 5.90. The topological polar surface area (TPSA) is 24.9 Å². The Morgan fingerprint density at radius 3 is 2.80 bits per heavy atom. The Hall–Kier alpha value is -1.05. The van der Waals surface area contributed by atoms with E-state index in [1.165, 1.54) is 36.9 Å². The molecule has 0 aliphatic heterocycles. The average molecular weight is 204 g/mol. The molecule has 2 heteroatoms. The lowest BCUT2D eigenvalue weighted by molar-refractivity contribution is 0.145. The van der Waals surface area contributed by atoms with E-state index >= 15 is 0 Å². The van der Waals surface area contributed by atoms with E-state index in [0.29, 0.717) is 5.41 Å². The van der Waals surface area contributed by atoms with Crippen LogP contribution < -0.4 is 5.32 Å². The van der Waals surface area contributed by atoms with Crippen LogP contribution in [0.3, 0.4) is 0 Å². The molecule has 0 spiro atoms. The van der Waals surface area contributed by atoms with Crippen LogP contribution in [0.15, 0.2) is 18.5 Å². The lowest BCUT2D eigenvalue weighted by Gasteiger charge is -2.41. The van der Waals surface area contributed by atoms with Crippen molar-refractivity contribution in [3.05, 3.63) is 24.0 Å². The van der Waals surface area contributed by atoms with E-state index in [1.54, 1.807) is 0 Å². The number of rotatable bonds is 4. The fraction of sp³-hybridized carbons (Fsp3) is 0.615. The summed E-state index contributed by atoms with van der Waals surface area (Å²) >= 11 is 0. The maximum Gasteiger partial charge on any atom is 0.0400 e. The zero-order chi connectivity index (χ0) is 10.7. The Morgan fingerprint density at radius 1 is 1.47 bits per heavy atom. The van der Waals surface area contributed by atoms with Gasteiger partial charge in [0.2, 0.25) is 0 Å². The van der Waals surface area contributed by atoms with E-state index < -0.39 is 0 Å². The fourth-order valence-corrected chi connectivity index (χ4v) is 2.29. The molecule has 1 N–H and O–H groups in total. The van der Waals surface area contributed by atoms with Gasteiger partial charge < -0.3 is 5.32 Å². The van der Waals surface area contributed by atoms with Gasteiger partial charge in [-0.3, -0.25) is 4.98 Å². The number of pyridine rings is 1. The summed E-state index contributed by atoms with van der Waals surface area (Å²) in [7, 11) is 0. The second kappa shape index (κ2) is 4.21. The van der Waals surface area contributed by atoms with Gasteiger partial charge in [0.1, 0.15) is 0 Å². The van der Waals surface area contributed by atoms with Crippen molar-refractivity contribution in [1.29, 1.82) is 0 Å². The van der Waals surface area contributed by atoms with E-state index in [-0.39, 0.29) is 0 Å². The van der Waals surface area contributed by atoms with Crippen LogP contribution in [0.4, 0.5) is 5.69 Å². The predicted molar refractivity (Wildman–Crippen MR) is 64.0 cm³/mol. The Labute approximate surface area is 92.1 Å². The second-order valence-corrected chi connectivity index (χ2v) is 4.75. The van der Waals surface area contributed by atoms with Crippen LogP contribution in [0.1, 0.15) is 38.2 Å². The molecule has 0 unspecified atom stereocenters. The van der Waals surface area contributed by atoms with Gasteiger partial charge in [-0.05, 0) is 43.2 Å². The Morgan fingerprint density at radius 2 is 2.27 bits per heavy atom. The van der Waals surface area contributed by atoms with E-state index in [4.69, 9.17) is 0 Å². The van der Waals surface area contributed by atoms with Crippen LogP contribution >= 0.6 is 0 Å². The number of nitrogens with zero attached hydrogens (tertiary/aromatic N) is 1. The number of nitrogens with one attached hydrogen (secondary N) is 1.